The van der Waals surface area contributed by atoms with Crippen LogP contribution in [0.3, 0.4) is 0 Å². The number of benzene rings is 3. The third kappa shape index (κ3) is 7.59. The summed E-state index contributed by atoms with van der Waals surface area (Å²) in [4.78, 5) is 0. The number of hydrogen-bond acceptors (Lipinski definition) is 0. The molecule has 2 heteroatoms. The smallest absolute Gasteiger partial charge is 0.232 e. The molecule has 1 aliphatic carbocycles. The molecule has 1 saturated carbocycles. The summed E-state index contributed by atoms with van der Waals surface area (Å²) in [6.45, 7) is 11.2. The van der Waals surface area contributed by atoms with Gasteiger partial charge in [0.05, 0.1) is 12.6 Å². The maximum Gasteiger partial charge on any atom is 0.293 e. The molecule has 0 N–H and O–H groups in total. The molecule has 218 valence electrons. The lowest BCUT2D eigenvalue weighted by Gasteiger charge is -2.29. The van der Waals surface area contributed by atoms with Crippen molar-refractivity contribution in [3.8, 4) is 28.2 Å². The second-order valence-corrected chi connectivity index (χ2v) is 12.6. The van der Waals surface area contributed by atoms with Crippen LogP contribution >= 0.6 is 0 Å². The van der Waals surface area contributed by atoms with Crippen molar-refractivity contribution in [3.05, 3.63) is 96.3 Å². The molecule has 3 aromatic carbocycles. The molecule has 0 radical (unpaired) electrons. The van der Waals surface area contributed by atoms with Crippen molar-refractivity contribution >= 4 is 0 Å². The van der Waals surface area contributed by atoms with Gasteiger partial charge in [0.15, 0.2) is 0 Å². The molecule has 0 bridgehead atoms. The molecule has 1 aromatic heterocycles. The van der Waals surface area contributed by atoms with Gasteiger partial charge in [0.25, 0.3) is 5.82 Å². The van der Waals surface area contributed by atoms with Crippen molar-refractivity contribution in [2.45, 2.75) is 104 Å². The fraction of sp³-hybridized carbons (Fsp3) is 0.462. The van der Waals surface area contributed by atoms with Gasteiger partial charge in [-0.2, -0.15) is 4.57 Å². The Hall–Kier alpha value is -3.13. The number of aromatic nitrogens is 2. The van der Waals surface area contributed by atoms with E-state index < -0.39 is 0 Å². The second-order valence-electron chi connectivity index (χ2n) is 12.6. The fourth-order valence-corrected chi connectivity index (χ4v) is 6.64. The number of imidazole rings is 1. The molecule has 1 fully saturated rings. The van der Waals surface area contributed by atoms with E-state index in [0.717, 1.165) is 5.92 Å². The highest BCUT2D eigenvalue weighted by Gasteiger charge is 2.32. The van der Waals surface area contributed by atoms with Crippen LogP contribution in [0.15, 0.2) is 85.2 Å². The molecule has 0 atom stereocenters. The van der Waals surface area contributed by atoms with Gasteiger partial charge in [-0.3, -0.25) is 0 Å². The van der Waals surface area contributed by atoms with E-state index in [2.05, 4.69) is 136 Å². The Morgan fingerprint density at radius 1 is 0.756 bits per heavy atom. The maximum atomic E-state index is 2.54. The van der Waals surface area contributed by atoms with E-state index in [9.17, 15) is 0 Å². The number of aryl methyl sites for hydroxylation is 1. The zero-order chi connectivity index (χ0) is 29.2. The van der Waals surface area contributed by atoms with Crippen LogP contribution in [0.2, 0.25) is 0 Å². The first-order valence-corrected chi connectivity index (χ1v) is 16.3. The Balaban J connectivity index is 0.000000909. The molecule has 0 unspecified atom stereocenters. The van der Waals surface area contributed by atoms with Crippen molar-refractivity contribution in [2.24, 2.45) is 13.0 Å². The topological polar surface area (TPSA) is 8.81 Å². The molecule has 0 spiro atoms. The predicted molar refractivity (Wildman–Crippen MR) is 177 cm³/mol. The van der Waals surface area contributed by atoms with E-state index >= 15 is 0 Å². The fourth-order valence-electron chi connectivity index (χ4n) is 6.64. The molecular formula is C39H53N2+. The molecule has 2 nitrogen and oxygen atoms in total. The quantitative estimate of drug-likeness (QED) is 0.184. The summed E-state index contributed by atoms with van der Waals surface area (Å²) in [5.41, 5.74) is 8.61. The Kier molecular flexibility index (Phi) is 11.4. The third-order valence-electron chi connectivity index (χ3n) is 8.34. The zero-order valence-electron chi connectivity index (χ0n) is 26.6. The normalized spacial score (nSPS) is 13.9. The monoisotopic (exact) mass is 549 g/mol. The maximum absolute atomic E-state index is 2.54. The molecular weight excluding hydrogens is 496 g/mol. The van der Waals surface area contributed by atoms with Crippen LogP contribution in [0.1, 0.15) is 115 Å². The Bertz CT molecular complexity index is 1320. The molecule has 5 rings (SSSR count). The standard InChI is InChI=1S/C35H43N2.C4H10/c1-4-15-27(16-5-2)32-24-23-31(28-17-9-6-10-18-28)33(29-19-11-7-12-20-29)34(32)37-26-25-36(3)35(37)30-21-13-8-14-22-30;1-4(2)3/h6,8-10,13-14,17-18,21-27,29H,4-5,7,11-12,15-16,19-20H2,1-3H3;4H,1-3H3/q+1;. The first kappa shape index (κ1) is 30.8. The first-order valence-electron chi connectivity index (χ1n) is 16.3. The van der Waals surface area contributed by atoms with Crippen LogP contribution < -0.4 is 4.57 Å². The summed E-state index contributed by atoms with van der Waals surface area (Å²) in [5.74, 6) is 3.27. The van der Waals surface area contributed by atoms with Gasteiger partial charge < -0.3 is 0 Å². The van der Waals surface area contributed by atoms with Crippen LogP contribution in [0.25, 0.3) is 28.2 Å². The molecule has 0 amide bonds. The second kappa shape index (κ2) is 15.2. The summed E-state index contributed by atoms with van der Waals surface area (Å²) in [6, 6.07) is 27.0. The van der Waals surface area contributed by atoms with Crippen molar-refractivity contribution in [2.75, 3.05) is 0 Å². The van der Waals surface area contributed by atoms with Gasteiger partial charge in [0.1, 0.15) is 18.1 Å². The molecule has 41 heavy (non-hydrogen) atoms. The van der Waals surface area contributed by atoms with E-state index in [4.69, 9.17) is 0 Å². The Labute approximate surface area is 250 Å². The van der Waals surface area contributed by atoms with E-state index in [0.29, 0.717) is 11.8 Å². The molecule has 4 aromatic rings. The van der Waals surface area contributed by atoms with Crippen LogP contribution in [0.4, 0.5) is 0 Å². The summed E-state index contributed by atoms with van der Waals surface area (Å²) >= 11 is 0. The van der Waals surface area contributed by atoms with Crippen molar-refractivity contribution in [3.63, 3.8) is 0 Å². The third-order valence-corrected chi connectivity index (χ3v) is 8.34. The average molecular weight is 550 g/mol. The van der Waals surface area contributed by atoms with Crippen LogP contribution in [-0.2, 0) is 7.05 Å². The minimum absolute atomic E-state index is 0.577. The van der Waals surface area contributed by atoms with Crippen molar-refractivity contribution in [1.82, 2.24) is 4.57 Å². The van der Waals surface area contributed by atoms with E-state index in [-0.39, 0.29) is 0 Å². The molecule has 0 saturated heterocycles. The van der Waals surface area contributed by atoms with Crippen LogP contribution in [0.5, 0.6) is 0 Å². The largest absolute Gasteiger partial charge is 0.293 e. The summed E-state index contributed by atoms with van der Waals surface area (Å²) in [6.07, 6.45) is 16.1. The van der Waals surface area contributed by atoms with Gasteiger partial charge in [-0.25, -0.2) is 4.57 Å². The van der Waals surface area contributed by atoms with Gasteiger partial charge in [0, 0.05) is 11.1 Å². The van der Waals surface area contributed by atoms with E-state index in [1.807, 2.05) is 0 Å². The minimum atomic E-state index is 0.577. The highest BCUT2D eigenvalue weighted by molar-refractivity contribution is 5.75. The molecule has 0 aliphatic heterocycles. The van der Waals surface area contributed by atoms with Gasteiger partial charge in [0.2, 0.25) is 0 Å². The summed E-state index contributed by atoms with van der Waals surface area (Å²) in [7, 11) is 2.19. The average Bonchev–Trinajstić information content (AvgIpc) is 3.38. The van der Waals surface area contributed by atoms with Crippen LogP contribution in [-0.4, -0.2) is 4.57 Å². The summed E-state index contributed by atoms with van der Waals surface area (Å²) in [5, 5.41) is 0. The lowest BCUT2D eigenvalue weighted by Crippen LogP contribution is -2.29. The lowest BCUT2D eigenvalue weighted by atomic mass is 9.77. The van der Waals surface area contributed by atoms with Gasteiger partial charge in [-0.05, 0) is 66.7 Å². The molecule has 1 aliphatic rings. The zero-order valence-corrected chi connectivity index (χ0v) is 26.6. The van der Waals surface area contributed by atoms with Crippen molar-refractivity contribution < 1.29 is 4.57 Å². The highest BCUT2D eigenvalue weighted by Crippen LogP contribution is 2.46. The summed E-state index contributed by atoms with van der Waals surface area (Å²) < 4.78 is 4.84. The Morgan fingerprint density at radius 3 is 1.88 bits per heavy atom. The number of rotatable bonds is 9. The first-order chi connectivity index (χ1) is 20.0. The number of hydrogen-bond donors (Lipinski definition) is 0. The van der Waals surface area contributed by atoms with E-state index in [1.54, 1.807) is 5.56 Å². The predicted octanol–water partition coefficient (Wildman–Crippen LogP) is 11.0. The Morgan fingerprint density at radius 2 is 1.32 bits per heavy atom. The van der Waals surface area contributed by atoms with E-state index in [1.165, 1.54) is 91.6 Å². The number of nitrogens with zero attached hydrogens (tertiary/aromatic N) is 2. The lowest BCUT2D eigenvalue weighted by molar-refractivity contribution is -0.659. The molecule has 1 heterocycles. The van der Waals surface area contributed by atoms with Gasteiger partial charge in [-0.15, -0.1) is 0 Å². The van der Waals surface area contributed by atoms with Gasteiger partial charge >= 0.3 is 0 Å². The van der Waals surface area contributed by atoms with Gasteiger partial charge in [-0.1, -0.05) is 127 Å². The van der Waals surface area contributed by atoms with Crippen LogP contribution in [0, 0.1) is 5.92 Å². The minimum Gasteiger partial charge on any atom is -0.232 e. The highest BCUT2D eigenvalue weighted by atomic mass is 15.1. The van der Waals surface area contributed by atoms with Crippen molar-refractivity contribution in [1.29, 1.82) is 0 Å². The SMILES string of the molecule is CC(C)C.CCCC(CCC)c1ccc(-c2ccccc2)c(C2CCCCC2)c1-n1cc[n+](C)c1-c1ccccc1.